The molecule has 40 heavy (non-hydrogen) atoms. The SMILES string of the molecule is CC(C)(C)OC(=O)N(CCCCC#CCCCCN(Cc1ccccc1)C(=O)OC(C)(C)C)Cc1ccccc1. The molecular formula is C34H48N2O4. The van der Waals surface area contributed by atoms with E-state index in [2.05, 4.69) is 11.8 Å². The summed E-state index contributed by atoms with van der Waals surface area (Å²) in [5, 5.41) is 0. The predicted octanol–water partition coefficient (Wildman–Crippen LogP) is 8.21. The maximum absolute atomic E-state index is 12.7. The Bertz CT molecular complexity index is 991. The van der Waals surface area contributed by atoms with Crippen LogP contribution in [0.15, 0.2) is 60.7 Å². The molecule has 0 atom stereocenters. The van der Waals surface area contributed by atoms with E-state index in [0.29, 0.717) is 26.2 Å². The molecule has 0 aromatic heterocycles. The molecule has 0 radical (unpaired) electrons. The first-order chi connectivity index (χ1) is 18.9. The Morgan fingerprint density at radius 3 is 1.27 bits per heavy atom. The van der Waals surface area contributed by atoms with Crippen molar-refractivity contribution >= 4 is 12.2 Å². The van der Waals surface area contributed by atoms with Crippen molar-refractivity contribution in [2.24, 2.45) is 0 Å². The van der Waals surface area contributed by atoms with Gasteiger partial charge < -0.3 is 19.3 Å². The average molecular weight is 549 g/mol. The maximum Gasteiger partial charge on any atom is 0.410 e. The van der Waals surface area contributed by atoms with Crippen molar-refractivity contribution in [1.29, 1.82) is 0 Å². The molecule has 0 heterocycles. The lowest BCUT2D eigenvalue weighted by atomic mass is 10.1. The number of ether oxygens (including phenoxy) is 2. The van der Waals surface area contributed by atoms with E-state index in [1.807, 2.05) is 102 Å². The van der Waals surface area contributed by atoms with Crippen LogP contribution in [-0.2, 0) is 22.6 Å². The molecule has 2 aromatic carbocycles. The van der Waals surface area contributed by atoms with E-state index in [1.54, 1.807) is 9.80 Å². The van der Waals surface area contributed by atoms with Gasteiger partial charge in [0.2, 0.25) is 0 Å². The zero-order chi connectivity index (χ0) is 29.4. The highest BCUT2D eigenvalue weighted by Crippen LogP contribution is 2.15. The molecule has 0 fully saturated rings. The number of hydrogen-bond acceptors (Lipinski definition) is 4. The lowest BCUT2D eigenvalue weighted by molar-refractivity contribution is 0.0220. The van der Waals surface area contributed by atoms with Gasteiger partial charge in [-0.05, 0) is 78.4 Å². The van der Waals surface area contributed by atoms with Crippen molar-refractivity contribution in [3.05, 3.63) is 71.8 Å². The minimum absolute atomic E-state index is 0.282. The second kappa shape index (κ2) is 16.6. The van der Waals surface area contributed by atoms with Crippen LogP contribution in [0.5, 0.6) is 0 Å². The second-order valence-corrected chi connectivity index (χ2v) is 12.0. The van der Waals surface area contributed by atoms with E-state index in [0.717, 1.165) is 49.7 Å². The first kappa shape index (κ1) is 32.8. The molecule has 0 N–H and O–H groups in total. The number of hydrogen-bond donors (Lipinski definition) is 0. The van der Waals surface area contributed by atoms with Crippen molar-refractivity contribution in [2.45, 2.75) is 104 Å². The van der Waals surface area contributed by atoms with Crippen LogP contribution in [0.1, 0.15) is 91.2 Å². The molecule has 0 spiro atoms. The van der Waals surface area contributed by atoms with E-state index < -0.39 is 11.2 Å². The molecule has 0 saturated carbocycles. The number of unbranched alkanes of at least 4 members (excludes halogenated alkanes) is 4. The minimum atomic E-state index is -0.525. The molecule has 2 amide bonds. The lowest BCUT2D eigenvalue weighted by Crippen LogP contribution is -2.37. The van der Waals surface area contributed by atoms with E-state index >= 15 is 0 Å². The third-order valence-corrected chi connectivity index (χ3v) is 5.82. The Morgan fingerprint density at radius 1 is 0.600 bits per heavy atom. The molecule has 0 aliphatic carbocycles. The van der Waals surface area contributed by atoms with Gasteiger partial charge in [-0.3, -0.25) is 0 Å². The van der Waals surface area contributed by atoms with Crippen LogP contribution in [-0.4, -0.2) is 46.3 Å². The first-order valence-electron chi connectivity index (χ1n) is 14.4. The van der Waals surface area contributed by atoms with Crippen molar-refractivity contribution in [3.8, 4) is 11.8 Å². The standard InChI is InChI=1S/C34H48N2O4/c1-33(2,3)39-31(37)35(27-29-21-15-13-16-22-29)25-19-11-9-7-8-10-12-20-26-36(32(38)40-34(4,5)6)28-30-23-17-14-18-24-30/h13-18,21-24H,9-12,19-20,25-28H2,1-6H3. The summed E-state index contributed by atoms with van der Waals surface area (Å²) in [6.45, 7) is 13.7. The van der Waals surface area contributed by atoms with Crippen LogP contribution >= 0.6 is 0 Å². The van der Waals surface area contributed by atoms with Crippen LogP contribution in [0.4, 0.5) is 9.59 Å². The summed E-state index contributed by atoms with van der Waals surface area (Å²) < 4.78 is 11.2. The smallest absolute Gasteiger partial charge is 0.410 e. The highest BCUT2D eigenvalue weighted by atomic mass is 16.6. The third-order valence-electron chi connectivity index (χ3n) is 5.82. The number of benzene rings is 2. The molecule has 2 rings (SSSR count). The fourth-order valence-electron chi connectivity index (χ4n) is 3.94. The van der Waals surface area contributed by atoms with Crippen molar-refractivity contribution < 1.29 is 19.1 Å². The Hall–Kier alpha value is -3.46. The molecule has 0 aliphatic rings. The summed E-state index contributed by atoms with van der Waals surface area (Å²) in [6, 6.07) is 20.0. The van der Waals surface area contributed by atoms with Gasteiger partial charge in [-0.2, -0.15) is 0 Å². The summed E-state index contributed by atoms with van der Waals surface area (Å²) in [4.78, 5) is 29.0. The van der Waals surface area contributed by atoms with Gasteiger partial charge in [-0.25, -0.2) is 9.59 Å². The molecule has 218 valence electrons. The number of nitrogens with zero attached hydrogens (tertiary/aromatic N) is 2. The van der Waals surface area contributed by atoms with E-state index in [1.165, 1.54) is 0 Å². The number of carbonyl (C=O) groups excluding carboxylic acids is 2. The van der Waals surface area contributed by atoms with Crippen LogP contribution in [0.3, 0.4) is 0 Å². The van der Waals surface area contributed by atoms with Gasteiger partial charge >= 0.3 is 12.2 Å². The summed E-state index contributed by atoms with van der Waals surface area (Å²) in [5.41, 5.74) is 1.12. The molecular weight excluding hydrogens is 500 g/mol. The number of rotatable bonds is 12. The Balaban J connectivity index is 1.74. The van der Waals surface area contributed by atoms with Crippen molar-refractivity contribution in [1.82, 2.24) is 9.80 Å². The van der Waals surface area contributed by atoms with Gasteiger partial charge in [0.05, 0.1) is 0 Å². The van der Waals surface area contributed by atoms with Gasteiger partial charge in [0.25, 0.3) is 0 Å². The largest absolute Gasteiger partial charge is 0.444 e. The lowest BCUT2D eigenvalue weighted by Gasteiger charge is -2.27. The van der Waals surface area contributed by atoms with Crippen molar-refractivity contribution in [2.75, 3.05) is 13.1 Å². The quantitative estimate of drug-likeness (QED) is 0.198. The molecule has 0 saturated heterocycles. The zero-order valence-electron chi connectivity index (χ0n) is 25.4. The number of carbonyl (C=O) groups is 2. The van der Waals surface area contributed by atoms with E-state index in [-0.39, 0.29) is 12.2 Å². The molecule has 6 nitrogen and oxygen atoms in total. The molecule has 0 bridgehead atoms. The fourth-order valence-corrected chi connectivity index (χ4v) is 3.94. The topological polar surface area (TPSA) is 59.1 Å². The zero-order valence-corrected chi connectivity index (χ0v) is 25.4. The van der Waals surface area contributed by atoms with Crippen molar-refractivity contribution in [3.63, 3.8) is 0 Å². The monoisotopic (exact) mass is 548 g/mol. The van der Waals surface area contributed by atoms with Crippen LogP contribution in [0.25, 0.3) is 0 Å². The average Bonchev–Trinajstić information content (AvgIpc) is 2.87. The molecule has 6 heteroatoms. The highest BCUT2D eigenvalue weighted by Gasteiger charge is 2.23. The third kappa shape index (κ3) is 14.6. The first-order valence-corrected chi connectivity index (χ1v) is 14.4. The van der Waals surface area contributed by atoms with Gasteiger partial charge in [-0.1, -0.05) is 60.7 Å². The van der Waals surface area contributed by atoms with Crippen LogP contribution in [0.2, 0.25) is 0 Å². The van der Waals surface area contributed by atoms with Gasteiger partial charge in [0.15, 0.2) is 0 Å². The van der Waals surface area contributed by atoms with E-state index in [9.17, 15) is 9.59 Å². The second-order valence-electron chi connectivity index (χ2n) is 12.0. The summed E-state index contributed by atoms with van der Waals surface area (Å²) >= 11 is 0. The Kier molecular flexibility index (Phi) is 13.6. The summed E-state index contributed by atoms with van der Waals surface area (Å²) in [7, 11) is 0. The molecule has 0 aliphatic heterocycles. The molecule has 2 aromatic rings. The van der Waals surface area contributed by atoms with Gasteiger partial charge in [-0.15, -0.1) is 11.8 Å². The minimum Gasteiger partial charge on any atom is -0.444 e. The fraction of sp³-hybridized carbons (Fsp3) is 0.529. The highest BCUT2D eigenvalue weighted by molar-refractivity contribution is 5.68. The summed E-state index contributed by atoms with van der Waals surface area (Å²) in [6.07, 6.45) is 4.60. The summed E-state index contributed by atoms with van der Waals surface area (Å²) in [5.74, 6) is 6.54. The van der Waals surface area contributed by atoms with Gasteiger partial charge in [0, 0.05) is 39.0 Å². The van der Waals surface area contributed by atoms with Crippen LogP contribution in [0, 0.1) is 11.8 Å². The Labute approximate surface area is 242 Å². The predicted molar refractivity (Wildman–Crippen MR) is 162 cm³/mol. The van der Waals surface area contributed by atoms with E-state index in [4.69, 9.17) is 9.47 Å². The number of amides is 2. The Morgan fingerprint density at radius 2 is 0.950 bits per heavy atom. The normalized spacial score (nSPS) is 11.2. The van der Waals surface area contributed by atoms with Crippen LogP contribution < -0.4 is 0 Å². The maximum atomic E-state index is 12.7. The van der Waals surface area contributed by atoms with Gasteiger partial charge in [0.1, 0.15) is 11.2 Å². The molecule has 0 unspecified atom stereocenters.